The molecule has 1 aliphatic rings. The van der Waals surface area contributed by atoms with E-state index in [-0.39, 0.29) is 11.9 Å². The molecule has 1 saturated heterocycles. The Bertz CT molecular complexity index is 706. The number of ether oxygens (including phenoxy) is 1. The zero-order valence-corrected chi connectivity index (χ0v) is 12.9. The molecule has 1 aliphatic heterocycles. The van der Waals surface area contributed by atoms with Crippen LogP contribution in [0.1, 0.15) is 5.56 Å². The summed E-state index contributed by atoms with van der Waals surface area (Å²) in [6.45, 7) is 0. The topological polar surface area (TPSA) is 29.5 Å². The minimum atomic E-state index is -0.479. The Morgan fingerprint density at radius 3 is 2.32 bits per heavy atom. The number of hydrogen-bond donors (Lipinski definition) is 0. The normalized spacial score (nSPS) is 20.0. The molecule has 0 bridgehead atoms. The van der Waals surface area contributed by atoms with Crippen LogP contribution in [-0.4, -0.2) is 29.5 Å². The van der Waals surface area contributed by atoms with Gasteiger partial charge in [0.2, 0.25) is 0 Å². The van der Waals surface area contributed by atoms with Crippen molar-refractivity contribution in [3.8, 4) is 11.8 Å². The summed E-state index contributed by atoms with van der Waals surface area (Å²) in [4.78, 5) is 13.1. The molecule has 0 saturated carbocycles. The smallest absolute Gasteiger partial charge is 0.266 e. The van der Waals surface area contributed by atoms with Gasteiger partial charge in [-0.15, -0.1) is 0 Å². The Morgan fingerprint density at radius 2 is 1.68 bits per heavy atom. The second-order valence-electron chi connectivity index (χ2n) is 4.80. The molecular weight excluding hydrogens is 294 g/mol. The Morgan fingerprint density at radius 1 is 1.05 bits per heavy atom. The molecule has 0 N–H and O–H groups in total. The van der Waals surface area contributed by atoms with Gasteiger partial charge in [-0.1, -0.05) is 48.2 Å². The summed E-state index contributed by atoms with van der Waals surface area (Å²) in [6, 6.07) is 19.3. The third kappa shape index (κ3) is 3.01. The van der Waals surface area contributed by atoms with Gasteiger partial charge in [0.1, 0.15) is 6.04 Å². The lowest BCUT2D eigenvalue weighted by Crippen LogP contribution is -2.61. The van der Waals surface area contributed by atoms with Gasteiger partial charge in [0.05, 0.1) is 0 Å². The molecule has 0 radical (unpaired) electrons. The molecule has 2 unspecified atom stereocenters. The van der Waals surface area contributed by atoms with Gasteiger partial charge >= 0.3 is 0 Å². The molecule has 4 heteroatoms. The Labute approximate surface area is 134 Å². The number of hydrogen-bond acceptors (Lipinski definition) is 3. The van der Waals surface area contributed by atoms with E-state index in [0.717, 1.165) is 10.5 Å². The average molecular weight is 309 g/mol. The van der Waals surface area contributed by atoms with Crippen molar-refractivity contribution in [2.24, 2.45) is 0 Å². The molecule has 0 aromatic heterocycles. The Kier molecular flexibility index (Phi) is 4.47. The molecule has 1 amide bonds. The third-order valence-corrected chi connectivity index (χ3v) is 4.43. The van der Waals surface area contributed by atoms with Gasteiger partial charge in [-0.25, -0.2) is 0 Å². The number of amides is 1. The van der Waals surface area contributed by atoms with Crippen LogP contribution in [0.2, 0.25) is 0 Å². The SMILES string of the molecule is COC1C(=O)N(Sc2ccccc2)C1C#Cc1ccccc1. The first-order valence-corrected chi connectivity index (χ1v) is 7.72. The molecule has 1 fully saturated rings. The van der Waals surface area contributed by atoms with Crippen LogP contribution in [-0.2, 0) is 9.53 Å². The van der Waals surface area contributed by atoms with E-state index in [2.05, 4.69) is 11.8 Å². The van der Waals surface area contributed by atoms with Gasteiger partial charge in [-0.2, -0.15) is 0 Å². The van der Waals surface area contributed by atoms with Gasteiger partial charge < -0.3 is 4.74 Å². The third-order valence-electron chi connectivity index (χ3n) is 3.34. The molecule has 2 aromatic rings. The summed E-state index contributed by atoms with van der Waals surface area (Å²) in [5, 5.41) is 0. The lowest BCUT2D eigenvalue weighted by atomic mass is 10.0. The fraction of sp³-hybridized carbons (Fsp3) is 0.167. The number of carbonyl (C=O) groups is 1. The summed E-state index contributed by atoms with van der Waals surface area (Å²) in [5.41, 5.74) is 0.932. The van der Waals surface area contributed by atoms with E-state index in [1.165, 1.54) is 11.9 Å². The molecule has 110 valence electrons. The van der Waals surface area contributed by atoms with Crippen LogP contribution < -0.4 is 0 Å². The van der Waals surface area contributed by atoms with Gasteiger partial charge in [-0.05, 0) is 36.2 Å². The molecule has 22 heavy (non-hydrogen) atoms. The second kappa shape index (κ2) is 6.69. The van der Waals surface area contributed by atoms with Crippen LogP contribution in [0.25, 0.3) is 0 Å². The minimum Gasteiger partial charge on any atom is -0.368 e. The predicted octanol–water partition coefficient (Wildman–Crippen LogP) is 2.97. The van der Waals surface area contributed by atoms with Crippen molar-refractivity contribution in [3.05, 3.63) is 66.2 Å². The number of β-lactam (4-membered cyclic amide) rings is 1. The van der Waals surface area contributed by atoms with Crippen molar-refractivity contribution in [2.75, 3.05) is 7.11 Å². The Balaban J connectivity index is 1.78. The maximum atomic E-state index is 12.1. The summed E-state index contributed by atoms with van der Waals surface area (Å²) in [7, 11) is 1.55. The lowest BCUT2D eigenvalue weighted by Gasteiger charge is -2.41. The summed E-state index contributed by atoms with van der Waals surface area (Å²) in [5.74, 6) is 6.22. The number of benzene rings is 2. The molecule has 1 heterocycles. The van der Waals surface area contributed by atoms with Crippen molar-refractivity contribution < 1.29 is 9.53 Å². The van der Waals surface area contributed by atoms with Crippen LogP contribution in [0.3, 0.4) is 0 Å². The summed E-state index contributed by atoms with van der Waals surface area (Å²) < 4.78 is 6.94. The number of methoxy groups -OCH3 is 1. The zero-order chi connectivity index (χ0) is 15.4. The van der Waals surface area contributed by atoms with Gasteiger partial charge in [0.25, 0.3) is 5.91 Å². The monoisotopic (exact) mass is 309 g/mol. The highest BCUT2D eigenvalue weighted by molar-refractivity contribution is 7.97. The van der Waals surface area contributed by atoms with Crippen molar-refractivity contribution in [1.82, 2.24) is 4.31 Å². The minimum absolute atomic E-state index is 0.0382. The van der Waals surface area contributed by atoms with E-state index in [9.17, 15) is 4.79 Å². The highest BCUT2D eigenvalue weighted by atomic mass is 32.2. The van der Waals surface area contributed by atoms with Gasteiger partial charge in [0, 0.05) is 17.6 Å². The molecule has 2 aromatic carbocycles. The number of carbonyl (C=O) groups excluding carboxylic acids is 1. The number of rotatable bonds is 3. The van der Waals surface area contributed by atoms with Crippen molar-refractivity contribution in [3.63, 3.8) is 0 Å². The number of nitrogens with zero attached hydrogens (tertiary/aromatic N) is 1. The first kappa shape index (κ1) is 14.7. The molecular formula is C18H15NO2S. The van der Waals surface area contributed by atoms with Crippen LogP contribution >= 0.6 is 11.9 Å². The van der Waals surface area contributed by atoms with Crippen LogP contribution in [0.15, 0.2) is 65.6 Å². The first-order valence-electron chi connectivity index (χ1n) is 6.95. The van der Waals surface area contributed by atoms with E-state index >= 15 is 0 Å². The van der Waals surface area contributed by atoms with E-state index < -0.39 is 6.10 Å². The largest absolute Gasteiger partial charge is 0.368 e. The van der Waals surface area contributed by atoms with E-state index in [0.29, 0.717) is 0 Å². The van der Waals surface area contributed by atoms with Crippen LogP contribution in [0.4, 0.5) is 0 Å². The summed E-state index contributed by atoms with van der Waals surface area (Å²) >= 11 is 1.40. The van der Waals surface area contributed by atoms with Gasteiger partial charge in [0.15, 0.2) is 6.10 Å². The van der Waals surface area contributed by atoms with E-state index in [1.807, 2.05) is 60.7 Å². The van der Waals surface area contributed by atoms with Crippen molar-refractivity contribution in [1.29, 1.82) is 0 Å². The highest BCUT2D eigenvalue weighted by Gasteiger charge is 2.48. The Hall–Kier alpha value is -2.22. The fourth-order valence-corrected chi connectivity index (χ4v) is 3.15. The fourth-order valence-electron chi connectivity index (χ4n) is 2.18. The molecule has 3 rings (SSSR count). The maximum Gasteiger partial charge on any atom is 0.266 e. The second-order valence-corrected chi connectivity index (χ2v) is 5.85. The molecule has 0 aliphatic carbocycles. The quantitative estimate of drug-likeness (QED) is 0.496. The van der Waals surface area contributed by atoms with Gasteiger partial charge in [-0.3, -0.25) is 9.10 Å². The van der Waals surface area contributed by atoms with Crippen LogP contribution in [0, 0.1) is 11.8 Å². The predicted molar refractivity (Wildman–Crippen MR) is 87.1 cm³/mol. The van der Waals surface area contributed by atoms with E-state index in [4.69, 9.17) is 4.74 Å². The molecule has 0 spiro atoms. The van der Waals surface area contributed by atoms with Crippen LogP contribution in [0.5, 0.6) is 0 Å². The zero-order valence-electron chi connectivity index (χ0n) is 12.1. The van der Waals surface area contributed by atoms with Crippen molar-refractivity contribution in [2.45, 2.75) is 17.0 Å². The highest BCUT2D eigenvalue weighted by Crippen LogP contribution is 2.34. The van der Waals surface area contributed by atoms with E-state index in [1.54, 1.807) is 11.4 Å². The molecule has 2 atom stereocenters. The molecule has 3 nitrogen and oxygen atoms in total. The lowest BCUT2D eigenvalue weighted by molar-refractivity contribution is -0.153. The first-order chi connectivity index (χ1) is 10.8. The standard InChI is InChI=1S/C18H15NO2S/c1-21-17-16(13-12-14-8-4-2-5-9-14)19(18(17)20)22-15-10-6-3-7-11-15/h2-11,16-17H,1H3. The maximum absolute atomic E-state index is 12.1. The summed E-state index contributed by atoms with van der Waals surface area (Å²) in [6.07, 6.45) is -0.479. The van der Waals surface area contributed by atoms with Crippen molar-refractivity contribution >= 4 is 17.9 Å². The average Bonchev–Trinajstić information content (AvgIpc) is 2.58.